The van der Waals surface area contributed by atoms with E-state index < -0.39 is 5.97 Å². The second-order valence-corrected chi connectivity index (χ2v) is 4.41. The summed E-state index contributed by atoms with van der Waals surface area (Å²) >= 11 is 8.01. The molecular weight excluding hydrogens is 316 g/mol. The van der Waals surface area contributed by atoms with Gasteiger partial charge in [0.05, 0.1) is 5.02 Å². The summed E-state index contributed by atoms with van der Waals surface area (Å²) in [6.07, 6.45) is 0. The van der Waals surface area contributed by atoms with E-state index in [1.165, 1.54) is 0 Å². The molecule has 0 spiro atoms. The number of hydrogen-bond donors (Lipinski definition) is 2. The molecule has 0 bridgehead atoms. The minimum atomic E-state index is -0.965. The zero-order valence-electron chi connectivity index (χ0n) is 6.84. The Balaban J connectivity index is 2.72. The van der Waals surface area contributed by atoms with Gasteiger partial charge in [-0.25, -0.2) is 4.79 Å². The summed E-state index contributed by atoms with van der Waals surface area (Å²) in [6.45, 7) is 0. The lowest BCUT2D eigenvalue weighted by atomic mass is 10.2. The van der Waals surface area contributed by atoms with Crippen molar-refractivity contribution in [2.45, 2.75) is 0 Å². The van der Waals surface area contributed by atoms with E-state index in [0.717, 1.165) is 14.5 Å². The molecule has 2 N–H and O–H groups in total. The SMILES string of the molecule is O=C(O)c1cc2cc(Cl)c(I)cc2[nH]1. The van der Waals surface area contributed by atoms with Gasteiger partial charge in [0.15, 0.2) is 0 Å². The number of carboxylic acid groups (broad SMARTS) is 1. The zero-order valence-corrected chi connectivity index (χ0v) is 9.76. The molecule has 5 heteroatoms. The Morgan fingerprint density at radius 1 is 1.43 bits per heavy atom. The van der Waals surface area contributed by atoms with Gasteiger partial charge in [-0.3, -0.25) is 0 Å². The van der Waals surface area contributed by atoms with Gasteiger partial charge in [0.25, 0.3) is 0 Å². The molecule has 0 amide bonds. The van der Waals surface area contributed by atoms with Crippen molar-refractivity contribution in [2.24, 2.45) is 0 Å². The minimum absolute atomic E-state index is 0.179. The number of H-pyrrole nitrogens is 1. The molecule has 1 heterocycles. The molecule has 0 fully saturated rings. The lowest BCUT2D eigenvalue weighted by Gasteiger charge is -1.94. The van der Waals surface area contributed by atoms with Gasteiger partial charge in [0.1, 0.15) is 5.69 Å². The summed E-state index contributed by atoms with van der Waals surface area (Å²) < 4.78 is 0.899. The standard InChI is InChI=1S/C9H5ClINO2/c10-5-1-4-2-8(9(13)14)12-7(4)3-6(5)11/h1-3,12H,(H,13,14). The molecule has 1 aromatic heterocycles. The molecule has 2 aromatic rings. The molecule has 72 valence electrons. The summed E-state index contributed by atoms with van der Waals surface area (Å²) in [5.74, 6) is -0.965. The van der Waals surface area contributed by atoms with Crippen LogP contribution in [0.2, 0.25) is 5.02 Å². The Kier molecular flexibility index (Phi) is 2.40. The second kappa shape index (κ2) is 3.43. The van der Waals surface area contributed by atoms with Crippen LogP contribution in [-0.2, 0) is 0 Å². The van der Waals surface area contributed by atoms with Crippen LogP contribution >= 0.6 is 34.2 Å². The van der Waals surface area contributed by atoms with Crippen LogP contribution < -0.4 is 0 Å². The van der Waals surface area contributed by atoms with Crippen LogP contribution in [0.4, 0.5) is 0 Å². The third-order valence-electron chi connectivity index (χ3n) is 1.89. The fraction of sp³-hybridized carbons (Fsp3) is 0. The Morgan fingerprint density at radius 3 is 2.79 bits per heavy atom. The molecule has 0 aliphatic carbocycles. The van der Waals surface area contributed by atoms with Gasteiger partial charge in [-0.2, -0.15) is 0 Å². The van der Waals surface area contributed by atoms with Crippen molar-refractivity contribution in [2.75, 3.05) is 0 Å². The lowest BCUT2D eigenvalue weighted by molar-refractivity contribution is 0.0691. The highest BCUT2D eigenvalue weighted by atomic mass is 127. The van der Waals surface area contributed by atoms with Gasteiger partial charge < -0.3 is 10.1 Å². The maximum absolute atomic E-state index is 10.7. The Morgan fingerprint density at radius 2 is 2.14 bits per heavy atom. The molecule has 1 aromatic carbocycles. The van der Waals surface area contributed by atoms with Crippen molar-refractivity contribution in [3.05, 3.63) is 32.5 Å². The Hall–Kier alpha value is -0.750. The van der Waals surface area contributed by atoms with Gasteiger partial charge in [-0.1, -0.05) is 11.6 Å². The van der Waals surface area contributed by atoms with Gasteiger partial charge in [0.2, 0.25) is 0 Å². The Bertz CT molecular complexity index is 482. The van der Waals surface area contributed by atoms with E-state index in [9.17, 15) is 4.79 Å². The first-order valence-corrected chi connectivity index (χ1v) is 5.24. The second-order valence-electron chi connectivity index (χ2n) is 2.84. The maximum atomic E-state index is 10.7. The summed E-state index contributed by atoms with van der Waals surface area (Å²) in [4.78, 5) is 13.5. The number of hydrogen-bond acceptors (Lipinski definition) is 1. The van der Waals surface area contributed by atoms with Crippen molar-refractivity contribution >= 4 is 51.1 Å². The normalized spacial score (nSPS) is 10.7. The third-order valence-corrected chi connectivity index (χ3v) is 3.42. The van der Waals surface area contributed by atoms with Crippen LogP contribution in [0.1, 0.15) is 10.5 Å². The molecule has 0 saturated carbocycles. The van der Waals surface area contributed by atoms with Crippen LogP contribution in [-0.4, -0.2) is 16.1 Å². The number of aromatic carboxylic acids is 1. The lowest BCUT2D eigenvalue weighted by Crippen LogP contribution is -1.94. The van der Waals surface area contributed by atoms with Crippen molar-refractivity contribution in [1.82, 2.24) is 4.98 Å². The average molecular weight is 322 g/mol. The number of fused-ring (bicyclic) bond motifs is 1. The van der Waals surface area contributed by atoms with E-state index in [2.05, 4.69) is 27.6 Å². The van der Waals surface area contributed by atoms with Crippen LogP contribution in [0.25, 0.3) is 10.9 Å². The molecule has 0 unspecified atom stereocenters. The Labute approximate surface area is 98.2 Å². The number of halogens is 2. The predicted octanol–water partition coefficient (Wildman–Crippen LogP) is 3.12. The number of carbonyl (C=O) groups is 1. The quantitative estimate of drug-likeness (QED) is 0.793. The van der Waals surface area contributed by atoms with E-state index in [4.69, 9.17) is 16.7 Å². The highest BCUT2D eigenvalue weighted by Crippen LogP contribution is 2.25. The van der Waals surface area contributed by atoms with Gasteiger partial charge >= 0.3 is 5.97 Å². The average Bonchev–Trinajstić information content (AvgIpc) is 2.48. The van der Waals surface area contributed by atoms with Gasteiger partial charge in [-0.15, -0.1) is 0 Å². The molecule has 0 aliphatic rings. The van der Waals surface area contributed by atoms with Crippen LogP contribution in [0, 0.1) is 3.57 Å². The summed E-state index contributed by atoms with van der Waals surface area (Å²) in [5.41, 5.74) is 0.967. The first-order chi connectivity index (χ1) is 6.58. The molecule has 2 rings (SSSR count). The van der Waals surface area contributed by atoms with Crippen LogP contribution in [0.15, 0.2) is 18.2 Å². The number of aromatic amines is 1. The van der Waals surface area contributed by atoms with Crippen LogP contribution in [0.3, 0.4) is 0 Å². The smallest absolute Gasteiger partial charge is 0.352 e. The van der Waals surface area contributed by atoms with Gasteiger partial charge in [0, 0.05) is 14.5 Å². The van der Waals surface area contributed by atoms with Gasteiger partial charge in [-0.05, 0) is 40.8 Å². The van der Waals surface area contributed by atoms with E-state index in [1.54, 1.807) is 12.1 Å². The number of rotatable bonds is 1. The van der Waals surface area contributed by atoms with E-state index in [1.807, 2.05) is 6.07 Å². The molecule has 0 atom stereocenters. The topological polar surface area (TPSA) is 53.1 Å². The van der Waals surface area contributed by atoms with E-state index >= 15 is 0 Å². The largest absolute Gasteiger partial charge is 0.477 e. The third kappa shape index (κ3) is 1.59. The molecule has 0 radical (unpaired) electrons. The summed E-state index contributed by atoms with van der Waals surface area (Å²) in [7, 11) is 0. The van der Waals surface area contributed by atoms with Crippen LogP contribution in [0.5, 0.6) is 0 Å². The minimum Gasteiger partial charge on any atom is -0.477 e. The zero-order chi connectivity index (χ0) is 10.3. The summed E-state index contributed by atoms with van der Waals surface area (Å²) in [6, 6.07) is 5.14. The van der Waals surface area contributed by atoms with Crippen molar-refractivity contribution < 1.29 is 9.90 Å². The molecular formula is C9H5ClINO2. The molecule has 3 nitrogen and oxygen atoms in total. The number of aromatic nitrogens is 1. The van der Waals surface area contributed by atoms with Crippen molar-refractivity contribution in [3.63, 3.8) is 0 Å². The fourth-order valence-corrected chi connectivity index (χ4v) is 1.88. The number of benzene rings is 1. The highest BCUT2D eigenvalue weighted by molar-refractivity contribution is 14.1. The molecule has 14 heavy (non-hydrogen) atoms. The fourth-order valence-electron chi connectivity index (χ4n) is 1.24. The maximum Gasteiger partial charge on any atom is 0.352 e. The van der Waals surface area contributed by atoms with E-state index in [-0.39, 0.29) is 5.69 Å². The molecule has 0 saturated heterocycles. The highest BCUT2D eigenvalue weighted by Gasteiger charge is 2.08. The molecule has 0 aliphatic heterocycles. The van der Waals surface area contributed by atoms with E-state index in [0.29, 0.717) is 5.02 Å². The first kappa shape index (κ1) is 9.79. The monoisotopic (exact) mass is 321 g/mol. The van der Waals surface area contributed by atoms with Crippen molar-refractivity contribution in [3.8, 4) is 0 Å². The number of nitrogens with one attached hydrogen (secondary N) is 1. The number of carboxylic acids is 1. The first-order valence-electron chi connectivity index (χ1n) is 3.79. The summed E-state index contributed by atoms with van der Waals surface area (Å²) in [5, 5.41) is 10.2. The van der Waals surface area contributed by atoms with Crippen molar-refractivity contribution in [1.29, 1.82) is 0 Å². The predicted molar refractivity (Wildman–Crippen MR) is 63.0 cm³/mol.